The lowest BCUT2D eigenvalue weighted by Crippen LogP contribution is -2.29. The van der Waals surface area contributed by atoms with Crippen molar-refractivity contribution in [2.75, 3.05) is 0 Å². The van der Waals surface area contributed by atoms with Crippen LogP contribution in [0.25, 0.3) is 10.7 Å². The topological polar surface area (TPSA) is 53.6 Å². The molecule has 0 radical (unpaired) electrons. The predicted octanol–water partition coefficient (Wildman–Crippen LogP) is 2.92. The molecule has 4 nitrogen and oxygen atoms in total. The van der Waals surface area contributed by atoms with Gasteiger partial charge in [0.15, 0.2) is 5.82 Å². The van der Waals surface area contributed by atoms with Crippen molar-refractivity contribution in [2.45, 2.75) is 19.0 Å². The van der Waals surface area contributed by atoms with Gasteiger partial charge in [0.25, 0.3) is 0 Å². The highest BCUT2D eigenvalue weighted by Gasteiger charge is 2.22. The average molecular weight is 282 g/mol. The SMILES string of the molecule is c1csc(-c2n[nH]c(C3Cc4ccccc4CN3)n2)c1. The van der Waals surface area contributed by atoms with E-state index in [0.29, 0.717) is 0 Å². The molecule has 0 amide bonds. The van der Waals surface area contributed by atoms with Crippen molar-refractivity contribution < 1.29 is 0 Å². The van der Waals surface area contributed by atoms with E-state index in [1.165, 1.54) is 11.1 Å². The van der Waals surface area contributed by atoms with E-state index in [2.05, 4.69) is 44.8 Å². The second-order valence-electron chi connectivity index (χ2n) is 4.93. The Morgan fingerprint density at radius 3 is 2.85 bits per heavy atom. The first-order valence-corrected chi connectivity index (χ1v) is 7.54. The van der Waals surface area contributed by atoms with Gasteiger partial charge in [0.1, 0.15) is 5.82 Å². The number of nitrogens with one attached hydrogen (secondary N) is 2. The van der Waals surface area contributed by atoms with Gasteiger partial charge in [0.2, 0.25) is 0 Å². The smallest absolute Gasteiger partial charge is 0.191 e. The summed E-state index contributed by atoms with van der Waals surface area (Å²) in [5.41, 5.74) is 2.77. The number of hydrogen-bond donors (Lipinski definition) is 2. The molecule has 20 heavy (non-hydrogen) atoms. The summed E-state index contributed by atoms with van der Waals surface area (Å²) in [5.74, 6) is 1.71. The van der Waals surface area contributed by atoms with Gasteiger partial charge in [0.05, 0.1) is 10.9 Å². The summed E-state index contributed by atoms with van der Waals surface area (Å²) in [6.45, 7) is 0.885. The maximum absolute atomic E-state index is 4.63. The number of benzene rings is 1. The van der Waals surface area contributed by atoms with Crippen molar-refractivity contribution in [3.63, 3.8) is 0 Å². The van der Waals surface area contributed by atoms with Crippen molar-refractivity contribution in [2.24, 2.45) is 0 Å². The minimum Gasteiger partial charge on any atom is -0.303 e. The summed E-state index contributed by atoms with van der Waals surface area (Å²) in [5, 5.41) is 13.0. The highest BCUT2D eigenvalue weighted by atomic mass is 32.1. The molecule has 1 aromatic carbocycles. The molecule has 0 saturated carbocycles. The van der Waals surface area contributed by atoms with Gasteiger partial charge in [-0.05, 0) is 29.0 Å². The number of thiophene rings is 1. The van der Waals surface area contributed by atoms with E-state index in [0.717, 1.165) is 29.5 Å². The second kappa shape index (κ2) is 4.85. The fourth-order valence-corrected chi connectivity index (χ4v) is 3.25. The van der Waals surface area contributed by atoms with Crippen LogP contribution in [0, 0.1) is 0 Å². The first-order chi connectivity index (χ1) is 9.90. The van der Waals surface area contributed by atoms with Crippen LogP contribution in [0.5, 0.6) is 0 Å². The molecule has 2 N–H and O–H groups in total. The summed E-state index contributed by atoms with van der Waals surface area (Å²) >= 11 is 1.66. The molecule has 5 heteroatoms. The average Bonchev–Trinajstić information content (AvgIpc) is 3.17. The second-order valence-corrected chi connectivity index (χ2v) is 5.88. The summed E-state index contributed by atoms with van der Waals surface area (Å²) in [6.07, 6.45) is 0.954. The molecule has 100 valence electrons. The van der Waals surface area contributed by atoms with Gasteiger partial charge in [-0.3, -0.25) is 5.10 Å². The first-order valence-electron chi connectivity index (χ1n) is 6.66. The third kappa shape index (κ3) is 2.05. The maximum Gasteiger partial charge on any atom is 0.191 e. The number of H-pyrrole nitrogens is 1. The number of hydrogen-bond acceptors (Lipinski definition) is 4. The van der Waals surface area contributed by atoms with E-state index in [1.807, 2.05) is 17.5 Å². The molecular formula is C15H14N4S. The standard InChI is InChI=1S/C15H14N4S/c1-2-5-11-9-16-12(8-10(11)4-1)14-17-15(19-18-14)13-6-3-7-20-13/h1-7,12,16H,8-9H2,(H,17,18,19). The third-order valence-electron chi connectivity index (χ3n) is 3.66. The summed E-state index contributed by atoms with van der Waals surface area (Å²) < 4.78 is 0. The van der Waals surface area contributed by atoms with Crippen LogP contribution in [-0.4, -0.2) is 15.2 Å². The highest BCUT2D eigenvalue weighted by Crippen LogP contribution is 2.26. The van der Waals surface area contributed by atoms with E-state index in [4.69, 9.17) is 0 Å². The molecule has 0 aliphatic carbocycles. The van der Waals surface area contributed by atoms with Gasteiger partial charge < -0.3 is 5.32 Å². The lowest BCUT2D eigenvalue weighted by atomic mass is 9.96. The van der Waals surface area contributed by atoms with E-state index in [1.54, 1.807) is 11.3 Å². The van der Waals surface area contributed by atoms with Crippen LogP contribution in [0.1, 0.15) is 23.0 Å². The van der Waals surface area contributed by atoms with Crippen LogP contribution in [0.15, 0.2) is 41.8 Å². The lowest BCUT2D eigenvalue weighted by molar-refractivity contribution is 0.478. The Hall–Kier alpha value is -1.98. The van der Waals surface area contributed by atoms with Crippen LogP contribution >= 0.6 is 11.3 Å². The summed E-state index contributed by atoms with van der Waals surface area (Å²) in [4.78, 5) is 5.73. The number of aromatic nitrogens is 3. The van der Waals surface area contributed by atoms with Crippen molar-refractivity contribution in [3.8, 4) is 10.7 Å². The van der Waals surface area contributed by atoms with Crippen LogP contribution < -0.4 is 5.32 Å². The van der Waals surface area contributed by atoms with Gasteiger partial charge in [-0.15, -0.1) is 11.3 Å². The molecule has 1 aliphatic heterocycles. The molecule has 1 unspecified atom stereocenters. The molecule has 0 bridgehead atoms. The largest absolute Gasteiger partial charge is 0.303 e. The molecule has 0 saturated heterocycles. The molecule has 4 rings (SSSR count). The van der Waals surface area contributed by atoms with Crippen molar-refractivity contribution >= 4 is 11.3 Å². The molecule has 0 fully saturated rings. The van der Waals surface area contributed by atoms with E-state index in [9.17, 15) is 0 Å². The van der Waals surface area contributed by atoms with Gasteiger partial charge in [-0.1, -0.05) is 30.3 Å². The van der Waals surface area contributed by atoms with Crippen LogP contribution in [0.2, 0.25) is 0 Å². The van der Waals surface area contributed by atoms with Gasteiger partial charge in [-0.25, -0.2) is 4.98 Å². The zero-order chi connectivity index (χ0) is 13.4. The highest BCUT2D eigenvalue weighted by molar-refractivity contribution is 7.13. The van der Waals surface area contributed by atoms with Crippen molar-refractivity contribution in [3.05, 3.63) is 58.7 Å². The predicted molar refractivity (Wildman–Crippen MR) is 79.4 cm³/mol. The normalized spacial score (nSPS) is 17.9. The van der Waals surface area contributed by atoms with Gasteiger partial charge in [-0.2, -0.15) is 5.10 Å². The van der Waals surface area contributed by atoms with E-state index >= 15 is 0 Å². The maximum atomic E-state index is 4.63. The zero-order valence-corrected chi connectivity index (χ0v) is 11.7. The molecule has 3 heterocycles. The number of aromatic amines is 1. The van der Waals surface area contributed by atoms with E-state index in [-0.39, 0.29) is 6.04 Å². The number of fused-ring (bicyclic) bond motifs is 1. The Kier molecular flexibility index (Phi) is 2.86. The minimum atomic E-state index is 0.214. The van der Waals surface area contributed by atoms with Crippen molar-refractivity contribution in [1.29, 1.82) is 0 Å². The zero-order valence-electron chi connectivity index (χ0n) is 10.8. The van der Waals surface area contributed by atoms with Gasteiger partial charge in [0, 0.05) is 6.54 Å². The molecule has 2 aromatic heterocycles. The van der Waals surface area contributed by atoms with Gasteiger partial charge >= 0.3 is 0 Å². The minimum absolute atomic E-state index is 0.214. The molecular weight excluding hydrogens is 268 g/mol. The Balaban J connectivity index is 1.60. The number of nitrogens with zero attached hydrogens (tertiary/aromatic N) is 2. The quantitative estimate of drug-likeness (QED) is 0.760. The Morgan fingerprint density at radius 2 is 2.00 bits per heavy atom. The molecule has 1 atom stereocenters. The molecule has 0 spiro atoms. The summed E-state index contributed by atoms with van der Waals surface area (Å²) in [6, 6.07) is 12.8. The molecule has 3 aromatic rings. The van der Waals surface area contributed by atoms with Crippen molar-refractivity contribution in [1.82, 2.24) is 20.5 Å². The fraction of sp³-hybridized carbons (Fsp3) is 0.200. The third-order valence-corrected chi connectivity index (χ3v) is 4.52. The first kappa shape index (κ1) is 11.8. The van der Waals surface area contributed by atoms with Crippen LogP contribution in [0.4, 0.5) is 0 Å². The number of rotatable bonds is 2. The fourth-order valence-electron chi connectivity index (χ4n) is 2.59. The Bertz CT molecular complexity index is 717. The van der Waals surface area contributed by atoms with E-state index < -0.39 is 0 Å². The lowest BCUT2D eigenvalue weighted by Gasteiger charge is -2.24. The Labute approximate surface area is 120 Å². The molecule has 1 aliphatic rings. The summed E-state index contributed by atoms with van der Waals surface area (Å²) in [7, 11) is 0. The van der Waals surface area contributed by atoms with Crippen LogP contribution in [-0.2, 0) is 13.0 Å². The Morgan fingerprint density at radius 1 is 1.10 bits per heavy atom. The monoisotopic (exact) mass is 282 g/mol. The van der Waals surface area contributed by atoms with Crippen LogP contribution in [0.3, 0.4) is 0 Å².